The normalized spacial score (nSPS) is 12.5. The molecule has 0 aliphatic rings. The highest BCUT2D eigenvalue weighted by molar-refractivity contribution is 5.82. The third-order valence-electron chi connectivity index (χ3n) is 3.36. The summed E-state index contributed by atoms with van der Waals surface area (Å²) in [5, 5.41) is 4.83. The molecule has 0 aliphatic heterocycles. The Bertz CT molecular complexity index is 560. The summed E-state index contributed by atoms with van der Waals surface area (Å²) in [6.07, 6.45) is 4.08. The zero-order valence-electron chi connectivity index (χ0n) is 11.8. The van der Waals surface area contributed by atoms with E-state index in [4.69, 9.17) is 0 Å². The molecule has 0 radical (unpaired) electrons. The van der Waals surface area contributed by atoms with Crippen molar-refractivity contribution in [1.82, 2.24) is 10.3 Å². The molecule has 1 unspecified atom stereocenters. The van der Waals surface area contributed by atoms with Crippen molar-refractivity contribution in [3.63, 3.8) is 0 Å². The number of fused-ring (bicyclic) bond motifs is 1. The summed E-state index contributed by atoms with van der Waals surface area (Å²) < 4.78 is 0. The van der Waals surface area contributed by atoms with Gasteiger partial charge in [0.1, 0.15) is 0 Å². The van der Waals surface area contributed by atoms with Crippen molar-refractivity contribution in [1.29, 1.82) is 0 Å². The molecule has 1 aromatic carbocycles. The summed E-state index contributed by atoms with van der Waals surface area (Å²) in [5.74, 6) is 0. The Balaban J connectivity index is 2.47. The molecule has 0 saturated heterocycles. The van der Waals surface area contributed by atoms with E-state index in [1.54, 1.807) is 0 Å². The minimum atomic E-state index is 0.370. The lowest BCUT2D eigenvalue weighted by atomic mass is 9.97. The standard InChI is InChI=1S/C17H22N2/c1-4-6-10-16(18-5-2)15-12-13(3)19-17-11-8-7-9-14(15)17/h4,7-9,11-12,16,18H,1,5-6,10H2,2-3H3. The fraction of sp³-hybridized carbons (Fsp3) is 0.353. The summed E-state index contributed by atoms with van der Waals surface area (Å²) in [5.41, 5.74) is 3.51. The Hall–Kier alpha value is -1.67. The molecule has 0 aliphatic carbocycles. The maximum absolute atomic E-state index is 4.61. The fourth-order valence-electron chi connectivity index (χ4n) is 2.53. The number of aromatic nitrogens is 1. The number of nitrogens with one attached hydrogen (secondary N) is 1. The van der Waals surface area contributed by atoms with Gasteiger partial charge in [0.05, 0.1) is 5.52 Å². The third-order valence-corrected chi connectivity index (χ3v) is 3.36. The van der Waals surface area contributed by atoms with Crippen LogP contribution in [0.15, 0.2) is 43.0 Å². The van der Waals surface area contributed by atoms with Crippen LogP contribution < -0.4 is 5.32 Å². The van der Waals surface area contributed by atoms with Gasteiger partial charge in [-0.2, -0.15) is 0 Å². The van der Waals surface area contributed by atoms with Gasteiger partial charge in [0.15, 0.2) is 0 Å². The lowest BCUT2D eigenvalue weighted by Gasteiger charge is -2.20. The molecule has 2 heteroatoms. The van der Waals surface area contributed by atoms with Gasteiger partial charge in [-0.05, 0) is 44.0 Å². The molecule has 2 aromatic rings. The second kappa shape index (κ2) is 6.48. The zero-order valence-corrected chi connectivity index (χ0v) is 11.8. The zero-order chi connectivity index (χ0) is 13.7. The van der Waals surface area contributed by atoms with Crippen LogP contribution in [-0.2, 0) is 0 Å². The molecule has 1 aromatic heterocycles. The number of pyridine rings is 1. The highest BCUT2D eigenvalue weighted by Crippen LogP contribution is 2.27. The monoisotopic (exact) mass is 254 g/mol. The van der Waals surface area contributed by atoms with Crippen LogP contribution in [0.2, 0.25) is 0 Å². The Morgan fingerprint density at radius 1 is 1.37 bits per heavy atom. The van der Waals surface area contributed by atoms with Gasteiger partial charge >= 0.3 is 0 Å². The van der Waals surface area contributed by atoms with Crippen LogP contribution in [0.4, 0.5) is 0 Å². The highest BCUT2D eigenvalue weighted by atomic mass is 14.9. The average molecular weight is 254 g/mol. The molecule has 1 N–H and O–H groups in total. The molecular weight excluding hydrogens is 232 g/mol. The van der Waals surface area contributed by atoms with Gasteiger partial charge in [0.2, 0.25) is 0 Å². The van der Waals surface area contributed by atoms with E-state index >= 15 is 0 Å². The van der Waals surface area contributed by atoms with Gasteiger partial charge in [0, 0.05) is 17.1 Å². The Morgan fingerprint density at radius 2 is 2.16 bits per heavy atom. The molecule has 0 saturated carbocycles. The predicted octanol–water partition coefficient (Wildman–Crippen LogP) is 4.16. The quantitative estimate of drug-likeness (QED) is 0.783. The number of aryl methyl sites for hydroxylation is 1. The van der Waals surface area contributed by atoms with Crippen molar-refractivity contribution in [2.45, 2.75) is 32.7 Å². The summed E-state index contributed by atoms with van der Waals surface area (Å²) in [4.78, 5) is 4.61. The lowest BCUT2D eigenvalue weighted by molar-refractivity contribution is 0.522. The minimum absolute atomic E-state index is 0.370. The largest absolute Gasteiger partial charge is 0.310 e. The molecule has 0 spiro atoms. The van der Waals surface area contributed by atoms with Crippen molar-refractivity contribution in [3.8, 4) is 0 Å². The van der Waals surface area contributed by atoms with Crippen LogP contribution in [-0.4, -0.2) is 11.5 Å². The van der Waals surface area contributed by atoms with Gasteiger partial charge in [-0.25, -0.2) is 0 Å². The van der Waals surface area contributed by atoms with Crippen LogP contribution in [0.5, 0.6) is 0 Å². The van der Waals surface area contributed by atoms with Gasteiger partial charge < -0.3 is 5.32 Å². The Labute approximate surface area is 115 Å². The summed E-state index contributed by atoms with van der Waals surface area (Å²) in [7, 11) is 0. The van der Waals surface area contributed by atoms with Crippen LogP contribution in [0.3, 0.4) is 0 Å². The molecule has 100 valence electrons. The lowest BCUT2D eigenvalue weighted by Crippen LogP contribution is -2.21. The maximum atomic E-state index is 4.61. The van der Waals surface area contributed by atoms with Crippen molar-refractivity contribution in [2.24, 2.45) is 0 Å². The maximum Gasteiger partial charge on any atom is 0.0708 e. The molecule has 0 fully saturated rings. The second-order valence-corrected chi connectivity index (χ2v) is 4.85. The molecule has 0 bridgehead atoms. The highest BCUT2D eigenvalue weighted by Gasteiger charge is 2.13. The second-order valence-electron chi connectivity index (χ2n) is 4.85. The molecule has 2 rings (SSSR count). The molecule has 19 heavy (non-hydrogen) atoms. The van der Waals surface area contributed by atoms with Gasteiger partial charge in [0.25, 0.3) is 0 Å². The van der Waals surface area contributed by atoms with Crippen molar-refractivity contribution < 1.29 is 0 Å². The number of benzene rings is 1. The first-order valence-electron chi connectivity index (χ1n) is 6.96. The minimum Gasteiger partial charge on any atom is -0.310 e. The first-order chi connectivity index (χ1) is 9.26. The average Bonchev–Trinajstić information content (AvgIpc) is 2.42. The van der Waals surface area contributed by atoms with Crippen LogP contribution in [0, 0.1) is 6.92 Å². The van der Waals surface area contributed by atoms with E-state index in [9.17, 15) is 0 Å². The van der Waals surface area contributed by atoms with E-state index in [0.717, 1.165) is 30.6 Å². The number of rotatable bonds is 6. The number of hydrogen-bond donors (Lipinski definition) is 1. The molecule has 2 nitrogen and oxygen atoms in total. The Kier molecular flexibility index (Phi) is 4.69. The molecule has 0 amide bonds. The first kappa shape index (κ1) is 13.8. The number of nitrogens with zero attached hydrogens (tertiary/aromatic N) is 1. The number of para-hydroxylation sites is 1. The topological polar surface area (TPSA) is 24.9 Å². The SMILES string of the molecule is C=CCCC(NCC)c1cc(C)nc2ccccc12. The van der Waals surface area contributed by atoms with E-state index in [2.05, 4.69) is 55.0 Å². The van der Waals surface area contributed by atoms with E-state index < -0.39 is 0 Å². The number of allylic oxidation sites excluding steroid dienone is 1. The van der Waals surface area contributed by atoms with Crippen molar-refractivity contribution in [2.75, 3.05) is 6.54 Å². The van der Waals surface area contributed by atoms with E-state index in [0.29, 0.717) is 6.04 Å². The molecule has 1 heterocycles. The molecular formula is C17H22N2. The summed E-state index contributed by atoms with van der Waals surface area (Å²) in [6.45, 7) is 9.01. The fourth-order valence-corrected chi connectivity index (χ4v) is 2.53. The summed E-state index contributed by atoms with van der Waals surface area (Å²) in [6, 6.07) is 11.0. The van der Waals surface area contributed by atoms with E-state index in [-0.39, 0.29) is 0 Å². The Morgan fingerprint density at radius 3 is 2.89 bits per heavy atom. The predicted molar refractivity (Wildman–Crippen MR) is 82.3 cm³/mol. The van der Waals surface area contributed by atoms with Crippen LogP contribution in [0.1, 0.15) is 37.1 Å². The van der Waals surface area contributed by atoms with Gasteiger partial charge in [-0.15, -0.1) is 6.58 Å². The summed E-state index contributed by atoms with van der Waals surface area (Å²) >= 11 is 0. The third kappa shape index (κ3) is 3.21. The van der Waals surface area contributed by atoms with Crippen molar-refractivity contribution >= 4 is 10.9 Å². The molecule has 1 atom stereocenters. The van der Waals surface area contributed by atoms with Crippen LogP contribution in [0.25, 0.3) is 10.9 Å². The van der Waals surface area contributed by atoms with Crippen molar-refractivity contribution in [3.05, 3.63) is 54.2 Å². The smallest absolute Gasteiger partial charge is 0.0708 e. The first-order valence-corrected chi connectivity index (χ1v) is 6.96. The number of hydrogen-bond acceptors (Lipinski definition) is 2. The van der Waals surface area contributed by atoms with E-state index in [1.165, 1.54) is 10.9 Å². The van der Waals surface area contributed by atoms with Crippen LogP contribution >= 0.6 is 0 Å². The van der Waals surface area contributed by atoms with Gasteiger partial charge in [-0.1, -0.05) is 31.2 Å². The van der Waals surface area contributed by atoms with E-state index in [1.807, 2.05) is 12.1 Å². The van der Waals surface area contributed by atoms with Gasteiger partial charge in [-0.3, -0.25) is 4.98 Å².